The molecule has 0 aliphatic heterocycles. The Labute approximate surface area is 81.1 Å². The molecule has 0 bridgehead atoms. The Morgan fingerprint density at radius 1 is 1.54 bits per heavy atom. The largest absolute Gasteiger partial charge is 0.394 e. The highest BCUT2D eigenvalue weighted by atomic mass is 16.3. The molecule has 3 nitrogen and oxygen atoms in total. The quantitative estimate of drug-likeness (QED) is 0.632. The molecule has 0 saturated heterocycles. The molecule has 2 N–H and O–H groups in total. The van der Waals surface area contributed by atoms with Gasteiger partial charge in [-0.2, -0.15) is 0 Å². The van der Waals surface area contributed by atoms with Crippen LogP contribution in [0.5, 0.6) is 0 Å². The number of aliphatic hydroxyl groups is 1. The first-order chi connectivity index (χ1) is 6.09. The fourth-order valence-corrected chi connectivity index (χ4v) is 1.57. The molecule has 1 aliphatic carbocycles. The van der Waals surface area contributed by atoms with Gasteiger partial charge in [-0.1, -0.05) is 6.92 Å². The van der Waals surface area contributed by atoms with Crippen LogP contribution in [0.3, 0.4) is 0 Å². The van der Waals surface area contributed by atoms with E-state index in [0.29, 0.717) is 6.04 Å². The zero-order valence-electron chi connectivity index (χ0n) is 9.01. The molecule has 1 atom stereocenters. The first-order valence-corrected chi connectivity index (χ1v) is 5.17. The van der Waals surface area contributed by atoms with Gasteiger partial charge in [0.15, 0.2) is 0 Å². The number of likely N-dealkylation sites (N-methyl/N-ethyl adjacent to an activating group) is 1. The van der Waals surface area contributed by atoms with Crippen LogP contribution >= 0.6 is 0 Å². The first kappa shape index (κ1) is 11.0. The molecule has 0 radical (unpaired) electrons. The van der Waals surface area contributed by atoms with E-state index in [9.17, 15) is 5.11 Å². The van der Waals surface area contributed by atoms with Gasteiger partial charge in [0.25, 0.3) is 0 Å². The number of nitrogens with zero attached hydrogens (tertiary/aromatic N) is 1. The smallest absolute Gasteiger partial charge is 0.0623 e. The molecule has 1 fully saturated rings. The van der Waals surface area contributed by atoms with E-state index in [-0.39, 0.29) is 12.1 Å². The topological polar surface area (TPSA) is 35.5 Å². The van der Waals surface area contributed by atoms with Gasteiger partial charge in [-0.25, -0.2) is 0 Å². The van der Waals surface area contributed by atoms with E-state index in [1.54, 1.807) is 0 Å². The second-order valence-electron chi connectivity index (χ2n) is 4.47. The van der Waals surface area contributed by atoms with Gasteiger partial charge in [-0.05, 0) is 33.4 Å². The van der Waals surface area contributed by atoms with Crippen LogP contribution in [0.1, 0.15) is 26.7 Å². The van der Waals surface area contributed by atoms with Crippen molar-refractivity contribution in [1.29, 1.82) is 0 Å². The predicted octanol–water partition coefficient (Wildman–Crippen LogP) is 0.441. The van der Waals surface area contributed by atoms with E-state index in [0.717, 1.165) is 13.1 Å². The van der Waals surface area contributed by atoms with Gasteiger partial charge < -0.3 is 15.3 Å². The summed E-state index contributed by atoms with van der Waals surface area (Å²) in [6.45, 7) is 6.39. The first-order valence-electron chi connectivity index (χ1n) is 5.17. The average Bonchev–Trinajstić information content (AvgIpc) is 2.88. The minimum atomic E-state index is -0.119. The molecule has 1 rings (SSSR count). The van der Waals surface area contributed by atoms with Crippen molar-refractivity contribution in [3.05, 3.63) is 0 Å². The van der Waals surface area contributed by atoms with Crippen LogP contribution in [0.2, 0.25) is 0 Å². The third-order valence-corrected chi connectivity index (χ3v) is 2.64. The highest BCUT2D eigenvalue weighted by molar-refractivity contribution is 4.93. The Morgan fingerprint density at radius 3 is 2.54 bits per heavy atom. The fraction of sp³-hybridized carbons (Fsp3) is 1.00. The summed E-state index contributed by atoms with van der Waals surface area (Å²) in [7, 11) is 2.09. The van der Waals surface area contributed by atoms with Gasteiger partial charge in [-0.3, -0.25) is 0 Å². The third kappa shape index (κ3) is 3.63. The molecule has 0 aromatic heterocycles. The Morgan fingerprint density at radius 2 is 2.15 bits per heavy atom. The van der Waals surface area contributed by atoms with Crippen LogP contribution in [0.25, 0.3) is 0 Å². The summed E-state index contributed by atoms with van der Waals surface area (Å²) in [6.07, 6.45) is 2.54. The lowest BCUT2D eigenvalue weighted by atomic mass is 10.0. The Hall–Kier alpha value is -0.120. The van der Waals surface area contributed by atoms with Gasteiger partial charge in [0, 0.05) is 12.6 Å². The van der Waals surface area contributed by atoms with Gasteiger partial charge >= 0.3 is 0 Å². The van der Waals surface area contributed by atoms with Crippen LogP contribution in [-0.2, 0) is 0 Å². The molecule has 1 unspecified atom stereocenters. The van der Waals surface area contributed by atoms with Gasteiger partial charge in [0.2, 0.25) is 0 Å². The van der Waals surface area contributed by atoms with Crippen molar-refractivity contribution in [2.75, 3.05) is 26.7 Å². The number of hydrogen-bond acceptors (Lipinski definition) is 3. The molecule has 1 aliphatic rings. The highest BCUT2D eigenvalue weighted by Crippen LogP contribution is 2.22. The Bertz CT molecular complexity index is 159. The average molecular weight is 186 g/mol. The van der Waals surface area contributed by atoms with E-state index in [1.165, 1.54) is 12.8 Å². The second-order valence-corrected chi connectivity index (χ2v) is 4.47. The number of hydrogen-bond donors (Lipinski definition) is 2. The molecular weight excluding hydrogens is 164 g/mol. The molecule has 0 aromatic carbocycles. The monoisotopic (exact) mass is 186 g/mol. The summed E-state index contributed by atoms with van der Waals surface area (Å²) < 4.78 is 0. The molecular formula is C10H22N2O. The molecule has 0 heterocycles. The normalized spacial score (nSPS) is 21.9. The number of nitrogens with one attached hydrogen (secondary N) is 1. The zero-order valence-corrected chi connectivity index (χ0v) is 9.01. The maximum atomic E-state index is 9.32. The summed E-state index contributed by atoms with van der Waals surface area (Å²) in [4.78, 5) is 2.23. The van der Waals surface area contributed by atoms with E-state index in [1.807, 2.05) is 0 Å². The zero-order chi connectivity index (χ0) is 9.90. The van der Waals surface area contributed by atoms with Crippen molar-refractivity contribution in [3.63, 3.8) is 0 Å². The van der Waals surface area contributed by atoms with Crippen molar-refractivity contribution < 1.29 is 5.11 Å². The second kappa shape index (κ2) is 4.40. The predicted molar refractivity (Wildman–Crippen MR) is 54.8 cm³/mol. The third-order valence-electron chi connectivity index (χ3n) is 2.64. The maximum absolute atomic E-state index is 9.32. The van der Waals surface area contributed by atoms with Gasteiger partial charge in [0.05, 0.1) is 12.1 Å². The molecule has 1 saturated carbocycles. The summed E-state index contributed by atoms with van der Waals surface area (Å²) in [5.41, 5.74) is -0.119. The molecule has 13 heavy (non-hydrogen) atoms. The lowest BCUT2D eigenvalue weighted by molar-refractivity contribution is 0.133. The Balaban J connectivity index is 2.36. The molecule has 3 heteroatoms. The minimum Gasteiger partial charge on any atom is -0.394 e. The van der Waals surface area contributed by atoms with Crippen LogP contribution in [0, 0.1) is 0 Å². The van der Waals surface area contributed by atoms with Crippen LogP contribution in [0.4, 0.5) is 0 Å². The van der Waals surface area contributed by atoms with Crippen molar-refractivity contribution in [3.8, 4) is 0 Å². The van der Waals surface area contributed by atoms with Gasteiger partial charge in [-0.15, -0.1) is 0 Å². The minimum absolute atomic E-state index is 0.119. The van der Waals surface area contributed by atoms with Gasteiger partial charge in [0.1, 0.15) is 0 Å². The van der Waals surface area contributed by atoms with Crippen LogP contribution < -0.4 is 5.32 Å². The molecule has 0 amide bonds. The van der Waals surface area contributed by atoms with Crippen molar-refractivity contribution in [2.45, 2.75) is 38.3 Å². The highest BCUT2D eigenvalue weighted by Gasteiger charge is 2.32. The van der Waals surface area contributed by atoms with Crippen LogP contribution in [-0.4, -0.2) is 48.3 Å². The lowest BCUT2D eigenvalue weighted by Crippen LogP contribution is -2.54. The van der Waals surface area contributed by atoms with E-state index in [2.05, 4.69) is 31.1 Å². The lowest BCUT2D eigenvalue weighted by Gasteiger charge is -2.33. The summed E-state index contributed by atoms with van der Waals surface area (Å²) in [6, 6.07) is 0.655. The van der Waals surface area contributed by atoms with E-state index >= 15 is 0 Å². The summed E-state index contributed by atoms with van der Waals surface area (Å²) in [5.74, 6) is 0. The van der Waals surface area contributed by atoms with Crippen LogP contribution in [0.15, 0.2) is 0 Å². The summed E-state index contributed by atoms with van der Waals surface area (Å²) in [5, 5.41) is 12.8. The summed E-state index contributed by atoms with van der Waals surface area (Å²) >= 11 is 0. The molecule has 0 aromatic rings. The van der Waals surface area contributed by atoms with Crippen molar-refractivity contribution in [2.24, 2.45) is 0 Å². The van der Waals surface area contributed by atoms with Crippen molar-refractivity contribution in [1.82, 2.24) is 10.2 Å². The van der Waals surface area contributed by atoms with E-state index < -0.39 is 0 Å². The fourth-order valence-electron chi connectivity index (χ4n) is 1.57. The maximum Gasteiger partial charge on any atom is 0.0623 e. The SMILES string of the molecule is CCN(C)CC(C)(CO)NC1CC1. The molecule has 0 spiro atoms. The number of rotatable bonds is 6. The van der Waals surface area contributed by atoms with E-state index in [4.69, 9.17) is 0 Å². The molecule has 78 valence electrons. The van der Waals surface area contributed by atoms with Crippen molar-refractivity contribution >= 4 is 0 Å². The Kier molecular flexibility index (Phi) is 3.71. The number of aliphatic hydroxyl groups excluding tert-OH is 1. The standard InChI is InChI=1S/C10H22N2O/c1-4-12(3)7-10(2,8-13)11-9-5-6-9/h9,11,13H,4-8H2,1-3H3.